The largest absolute Gasteiger partial charge is 0.478 e. The summed E-state index contributed by atoms with van der Waals surface area (Å²) in [5.41, 5.74) is 1.72. The van der Waals surface area contributed by atoms with Crippen molar-refractivity contribution in [2.24, 2.45) is 0 Å². The Bertz CT molecular complexity index is 592. The van der Waals surface area contributed by atoms with E-state index in [1.165, 1.54) is 0 Å². The Morgan fingerprint density at radius 1 is 1.50 bits per heavy atom. The number of fused-ring (bicyclic) bond motifs is 1. The highest BCUT2D eigenvalue weighted by molar-refractivity contribution is 7.99. The molecule has 18 heavy (non-hydrogen) atoms. The molecule has 0 amide bonds. The second-order valence-electron chi connectivity index (χ2n) is 4.72. The molecular weight excluding hydrogens is 250 g/mol. The van der Waals surface area contributed by atoms with Gasteiger partial charge in [-0.1, -0.05) is 5.21 Å². The Labute approximate surface area is 109 Å². The lowest BCUT2D eigenvalue weighted by molar-refractivity contribution is 0.0697. The van der Waals surface area contributed by atoms with Crippen molar-refractivity contribution < 1.29 is 9.90 Å². The van der Waals surface area contributed by atoms with E-state index in [9.17, 15) is 4.79 Å². The van der Waals surface area contributed by atoms with Gasteiger partial charge >= 0.3 is 5.97 Å². The van der Waals surface area contributed by atoms with Crippen LogP contribution in [0.4, 0.5) is 0 Å². The Morgan fingerprint density at radius 3 is 2.83 bits per heavy atom. The summed E-state index contributed by atoms with van der Waals surface area (Å²) in [6.45, 7) is 5.00. The van der Waals surface area contributed by atoms with Gasteiger partial charge in [0.15, 0.2) is 0 Å². The highest BCUT2D eigenvalue weighted by Gasteiger charge is 2.19. The maximum atomic E-state index is 10.9. The van der Waals surface area contributed by atoms with Gasteiger partial charge < -0.3 is 5.11 Å². The molecule has 0 spiro atoms. The number of aromatic carboxylic acids is 1. The van der Waals surface area contributed by atoms with E-state index in [1.807, 2.05) is 4.68 Å². The fourth-order valence-corrected chi connectivity index (χ4v) is 1.90. The number of carbonyl (C=O) groups is 1. The molecule has 0 fully saturated rings. The lowest BCUT2D eigenvalue weighted by Crippen LogP contribution is -2.23. The summed E-state index contributed by atoms with van der Waals surface area (Å²) in [6, 6.07) is 4.89. The van der Waals surface area contributed by atoms with E-state index in [2.05, 4.69) is 30.4 Å². The molecule has 0 aliphatic rings. The van der Waals surface area contributed by atoms with Gasteiger partial charge in [0.05, 0.1) is 17.6 Å². The highest BCUT2D eigenvalue weighted by atomic mass is 32.2. The van der Waals surface area contributed by atoms with Gasteiger partial charge in [0.25, 0.3) is 0 Å². The van der Waals surface area contributed by atoms with Crippen LogP contribution in [0.25, 0.3) is 11.0 Å². The summed E-state index contributed by atoms with van der Waals surface area (Å²) in [6.07, 6.45) is 2.06. The second kappa shape index (κ2) is 4.61. The fourth-order valence-electron chi connectivity index (χ4n) is 1.65. The van der Waals surface area contributed by atoms with Crippen LogP contribution in [0.15, 0.2) is 18.2 Å². The van der Waals surface area contributed by atoms with Crippen molar-refractivity contribution in [3.05, 3.63) is 23.8 Å². The van der Waals surface area contributed by atoms with Crippen molar-refractivity contribution >= 4 is 28.8 Å². The molecule has 2 rings (SSSR count). The van der Waals surface area contributed by atoms with Gasteiger partial charge in [-0.15, -0.1) is 5.10 Å². The molecule has 0 radical (unpaired) electrons. The molecule has 0 bridgehead atoms. The number of nitrogens with zero attached hydrogens (tertiary/aromatic N) is 3. The fraction of sp³-hybridized carbons (Fsp3) is 0.417. The van der Waals surface area contributed by atoms with Crippen LogP contribution in [0.1, 0.15) is 24.2 Å². The maximum absolute atomic E-state index is 10.9. The molecule has 0 saturated carbocycles. The molecular formula is C12H15N3O2S. The summed E-state index contributed by atoms with van der Waals surface area (Å²) < 4.78 is 1.88. The third-order valence-corrected chi connectivity index (χ3v) is 4.08. The molecule has 1 heterocycles. The van der Waals surface area contributed by atoms with Crippen molar-refractivity contribution in [3.8, 4) is 0 Å². The minimum atomic E-state index is -0.948. The number of rotatable bonds is 4. The lowest BCUT2D eigenvalue weighted by atomic mass is 10.2. The van der Waals surface area contributed by atoms with Crippen molar-refractivity contribution in [3.63, 3.8) is 0 Å². The van der Waals surface area contributed by atoms with Gasteiger partial charge in [-0.2, -0.15) is 11.8 Å². The first kappa shape index (κ1) is 12.9. The average Bonchev–Trinajstić information content (AvgIpc) is 2.71. The molecule has 0 aliphatic heterocycles. The van der Waals surface area contributed by atoms with E-state index in [0.29, 0.717) is 5.52 Å². The molecule has 0 saturated heterocycles. The third-order valence-electron chi connectivity index (χ3n) is 2.84. The molecule has 5 nitrogen and oxygen atoms in total. The van der Waals surface area contributed by atoms with Gasteiger partial charge in [-0.05, 0) is 38.3 Å². The first-order valence-electron chi connectivity index (χ1n) is 5.55. The van der Waals surface area contributed by atoms with Crippen molar-refractivity contribution in [1.29, 1.82) is 0 Å². The first-order chi connectivity index (χ1) is 8.43. The average molecular weight is 265 g/mol. The van der Waals surface area contributed by atoms with Crippen molar-refractivity contribution in [2.45, 2.75) is 25.1 Å². The summed E-state index contributed by atoms with van der Waals surface area (Å²) in [4.78, 5) is 10.9. The number of aromatic nitrogens is 3. The van der Waals surface area contributed by atoms with Crippen LogP contribution in [0.5, 0.6) is 0 Å². The number of hydrogen-bond donors (Lipinski definition) is 1. The third kappa shape index (κ3) is 2.48. The normalized spacial score (nSPS) is 11.9. The van der Waals surface area contributed by atoms with Crippen molar-refractivity contribution in [2.75, 3.05) is 6.26 Å². The topological polar surface area (TPSA) is 68.0 Å². The number of benzene rings is 1. The number of carboxylic acid groups (broad SMARTS) is 1. The van der Waals surface area contributed by atoms with Gasteiger partial charge in [0, 0.05) is 4.75 Å². The SMILES string of the molecule is CSC(C)(C)Cn1nnc2cc(C(=O)O)ccc21. The summed E-state index contributed by atoms with van der Waals surface area (Å²) in [7, 11) is 0. The van der Waals surface area contributed by atoms with Crippen LogP contribution in [-0.2, 0) is 6.54 Å². The molecule has 1 aromatic heterocycles. The maximum Gasteiger partial charge on any atom is 0.335 e. The smallest absolute Gasteiger partial charge is 0.335 e. The predicted molar refractivity (Wildman–Crippen MR) is 72.1 cm³/mol. The van der Waals surface area contributed by atoms with Crippen LogP contribution < -0.4 is 0 Å². The Kier molecular flexibility index (Phi) is 3.30. The van der Waals surface area contributed by atoms with E-state index < -0.39 is 5.97 Å². The van der Waals surface area contributed by atoms with Crippen LogP contribution >= 0.6 is 11.8 Å². The summed E-state index contributed by atoms with van der Waals surface area (Å²) in [5, 5.41) is 17.0. The Morgan fingerprint density at radius 2 is 2.22 bits per heavy atom. The molecule has 1 aromatic carbocycles. The minimum absolute atomic E-state index is 0.0616. The van der Waals surface area contributed by atoms with Crippen LogP contribution in [0.3, 0.4) is 0 Å². The molecule has 0 unspecified atom stereocenters. The first-order valence-corrected chi connectivity index (χ1v) is 6.77. The molecule has 1 N–H and O–H groups in total. The second-order valence-corrected chi connectivity index (χ2v) is 6.23. The Hall–Kier alpha value is -1.56. The zero-order chi connectivity index (χ0) is 13.3. The van der Waals surface area contributed by atoms with Gasteiger partial charge in [0.2, 0.25) is 0 Å². The summed E-state index contributed by atoms with van der Waals surface area (Å²) in [5.74, 6) is -0.948. The van der Waals surface area contributed by atoms with Gasteiger partial charge in [-0.25, -0.2) is 9.48 Å². The predicted octanol–water partition coefficient (Wildman–Crippen LogP) is 2.27. The van der Waals surface area contributed by atoms with Gasteiger partial charge in [-0.3, -0.25) is 0 Å². The molecule has 96 valence electrons. The van der Waals surface area contributed by atoms with Crippen molar-refractivity contribution in [1.82, 2.24) is 15.0 Å². The number of thioether (sulfide) groups is 1. The zero-order valence-electron chi connectivity index (χ0n) is 10.5. The number of carboxylic acids is 1. The van der Waals surface area contributed by atoms with E-state index in [-0.39, 0.29) is 10.3 Å². The van der Waals surface area contributed by atoms with E-state index in [4.69, 9.17) is 5.11 Å². The minimum Gasteiger partial charge on any atom is -0.478 e. The standard InChI is InChI=1S/C12H15N3O2S/c1-12(2,18-3)7-15-10-5-4-8(11(16)17)6-9(10)13-14-15/h4-6H,7H2,1-3H3,(H,16,17). The highest BCUT2D eigenvalue weighted by Crippen LogP contribution is 2.24. The molecule has 2 aromatic rings. The number of hydrogen-bond acceptors (Lipinski definition) is 4. The van der Waals surface area contributed by atoms with E-state index in [0.717, 1.165) is 12.1 Å². The van der Waals surface area contributed by atoms with Gasteiger partial charge in [0.1, 0.15) is 5.52 Å². The zero-order valence-corrected chi connectivity index (χ0v) is 11.4. The van der Waals surface area contributed by atoms with E-state index >= 15 is 0 Å². The van der Waals surface area contributed by atoms with E-state index in [1.54, 1.807) is 30.0 Å². The summed E-state index contributed by atoms with van der Waals surface area (Å²) >= 11 is 1.76. The van der Waals surface area contributed by atoms with Crippen LogP contribution in [0.2, 0.25) is 0 Å². The molecule has 0 atom stereocenters. The Balaban J connectivity index is 2.40. The lowest BCUT2D eigenvalue weighted by Gasteiger charge is -2.21. The molecule has 0 aliphatic carbocycles. The van der Waals surface area contributed by atoms with Crippen LogP contribution in [0, 0.1) is 0 Å². The quantitative estimate of drug-likeness (QED) is 0.918. The molecule has 6 heteroatoms. The monoisotopic (exact) mass is 265 g/mol. The van der Waals surface area contributed by atoms with Crippen LogP contribution in [-0.4, -0.2) is 37.1 Å².